The van der Waals surface area contributed by atoms with Crippen molar-refractivity contribution in [2.24, 2.45) is 0 Å². The van der Waals surface area contributed by atoms with Gasteiger partial charge in [0, 0.05) is 19.1 Å². The summed E-state index contributed by atoms with van der Waals surface area (Å²) in [5, 5.41) is 4.32. The van der Waals surface area contributed by atoms with Crippen LogP contribution in [0.15, 0.2) is 39.9 Å². The van der Waals surface area contributed by atoms with Crippen LogP contribution in [-0.2, 0) is 14.8 Å². The normalized spacial score (nSPS) is 16.4. The molecular formula is C18H22FN3O3S2. The number of nitrogens with one attached hydrogen (secondary N) is 2. The third-order valence-electron chi connectivity index (χ3n) is 4.44. The van der Waals surface area contributed by atoms with E-state index in [2.05, 4.69) is 10.0 Å². The zero-order valence-electron chi connectivity index (χ0n) is 14.9. The summed E-state index contributed by atoms with van der Waals surface area (Å²) in [6.45, 7) is 3.13. The molecule has 2 N–H and O–H groups in total. The Balaban J connectivity index is 1.47. The highest BCUT2D eigenvalue weighted by atomic mass is 32.2. The fourth-order valence-electron chi connectivity index (χ4n) is 3.02. The number of thiophene rings is 1. The van der Waals surface area contributed by atoms with Crippen molar-refractivity contribution in [3.8, 4) is 0 Å². The first-order chi connectivity index (χ1) is 12.8. The minimum atomic E-state index is -3.48. The molecule has 2 heterocycles. The van der Waals surface area contributed by atoms with E-state index in [1.54, 1.807) is 36.6 Å². The molecule has 146 valence electrons. The van der Waals surface area contributed by atoms with Gasteiger partial charge in [0.15, 0.2) is 0 Å². The predicted octanol–water partition coefficient (Wildman–Crippen LogP) is 2.58. The van der Waals surface area contributed by atoms with E-state index >= 15 is 0 Å². The van der Waals surface area contributed by atoms with Crippen molar-refractivity contribution >= 4 is 33.0 Å². The molecule has 1 aromatic heterocycles. The summed E-state index contributed by atoms with van der Waals surface area (Å²) in [5.41, 5.74) is 0.960. The lowest BCUT2D eigenvalue weighted by Crippen LogP contribution is -2.46. The first-order valence-corrected chi connectivity index (χ1v) is 11.0. The summed E-state index contributed by atoms with van der Waals surface area (Å²) >= 11 is 1.19. The average Bonchev–Trinajstić information content (AvgIpc) is 3.15. The van der Waals surface area contributed by atoms with Crippen LogP contribution < -0.4 is 10.0 Å². The maximum absolute atomic E-state index is 13.8. The smallest absolute Gasteiger partial charge is 0.250 e. The average molecular weight is 412 g/mol. The minimum Gasteiger partial charge on any atom is -0.322 e. The van der Waals surface area contributed by atoms with Crippen molar-refractivity contribution in [2.75, 3.05) is 25.0 Å². The fourth-order valence-corrected chi connectivity index (χ4v) is 5.33. The van der Waals surface area contributed by atoms with Crippen molar-refractivity contribution < 1.29 is 17.6 Å². The van der Waals surface area contributed by atoms with Crippen molar-refractivity contribution in [1.82, 2.24) is 9.62 Å². The zero-order valence-corrected chi connectivity index (χ0v) is 16.6. The lowest BCUT2D eigenvalue weighted by atomic mass is 10.1. The highest BCUT2D eigenvalue weighted by Gasteiger charge is 2.26. The Labute approximate surface area is 162 Å². The minimum absolute atomic E-state index is 0.147. The van der Waals surface area contributed by atoms with Crippen LogP contribution in [0.3, 0.4) is 0 Å². The van der Waals surface area contributed by atoms with E-state index in [1.165, 1.54) is 17.4 Å². The van der Waals surface area contributed by atoms with E-state index in [0.29, 0.717) is 30.1 Å². The van der Waals surface area contributed by atoms with Gasteiger partial charge < -0.3 is 5.32 Å². The molecule has 1 aliphatic heterocycles. The molecule has 0 aliphatic carbocycles. The fraction of sp³-hybridized carbons (Fsp3) is 0.389. The molecule has 0 saturated carbocycles. The summed E-state index contributed by atoms with van der Waals surface area (Å²) in [6, 6.07) is 7.80. The molecule has 1 saturated heterocycles. The molecule has 1 aromatic carbocycles. The number of benzene rings is 1. The lowest BCUT2D eigenvalue weighted by molar-refractivity contribution is -0.117. The van der Waals surface area contributed by atoms with Gasteiger partial charge in [-0.05, 0) is 48.9 Å². The van der Waals surface area contributed by atoms with Gasteiger partial charge >= 0.3 is 0 Å². The number of hydrogen-bond acceptors (Lipinski definition) is 5. The Kier molecular flexibility index (Phi) is 6.25. The predicted molar refractivity (Wildman–Crippen MR) is 104 cm³/mol. The van der Waals surface area contributed by atoms with Crippen LogP contribution in [0, 0.1) is 12.7 Å². The zero-order chi connectivity index (χ0) is 19.4. The molecule has 27 heavy (non-hydrogen) atoms. The summed E-state index contributed by atoms with van der Waals surface area (Å²) < 4.78 is 41.4. The molecule has 3 rings (SSSR count). The van der Waals surface area contributed by atoms with Crippen LogP contribution in [0.25, 0.3) is 0 Å². The molecular weight excluding hydrogens is 389 g/mol. The molecule has 1 fully saturated rings. The van der Waals surface area contributed by atoms with Crippen molar-refractivity contribution in [3.05, 3.63) is 47.1 Å². The van der Waals surface area contributed by atoms with Gasteiger partial charge in [0.2, 0.25) is 15.9 Å². The highest BCUT2D eigenvalue weighted by molar-refractivity contribution is 7.91. The number of nitrogens with zero attached hydrogens (tertiary/aromatic N) is 1. The number of aryl methyl sites for hydroxylation is 1. The Morgan fingerprint density at radius 2 is 2.04 bits per heavy atom. The molecule has 6 nitrogen and oxygen atoms in total. The van der Waals surface area contributed by atoms with Gasteiger partial charge in [-0.1, -0.05) is 12.1 Å². The maximum Gasteiger partial charge on any atom is 0.250 e. The summed E-state index contributed by atoms with van der Waals surface area (Å²) in [6.07, 6.45) is 1.24. The number of amides is 1. The molecule has 0 atom stereocenters. The largest absolute Gasteiger partial charge is 0.322 e. The first kappa shape index (κ1) is 19.9. The molecule has 0 unspecified atom stereocenters. The molecule has 2 aromatic rings. The van der Waals surface area contributed by atoms with Crippen molar-refractivity contribution in [2.45, 2.75) is 30.0 Å². The van der Waals surface area contributed by atoms with Gasteiger partial charge in [0.25, 0.3) is 0 Å². The van der Waals surface area contributed by atoms with Gasteiger partial charge in [-0.15, -0.1) is 11.3 Å². The van der Waals surface area contributed by atoms with Gasteiger partial charge in [-0.3, -0.25) is 9.69 Å². The van der Waals surface area contributed by atoms with Crippen molar-refractivity contribution in [3.63, 3.8) is 0 Å². The van der Waals surface area contributed by atoms with Crippen LogP contribution in [0.5, 0.6) is 0 Å². The highest BCUT2D eigenvalue weighted by Crippen LogP contribution is 2.19. The second-order valence-corrected chi connectivity index (χ2v) is 9.52. The number of piperidine rings is 1. The summed E-state index contributed by atoms with van der Waals surface area (Å²) in [5.74, 6) is -0.736. The van der Waals surface area contributed by atoms with Crippen LogP contribution >= 0.6 is 11.3 Å². The summed E-state index contributed by atoms with van der Waals surface area (Å²) in [7, 11) is -3.48. The number of carbonyl (C=O) groups is 1. The van der Waals surface area contributed by atoms with E-state index in [1.807, 2.05) is 4.90 Å². The number of halogens is 1. The van der Waals surface area contributed by atoms with Gasteiger partial charge in [-0.2, -0.15) is 0 Å². The summed E-state index contributed by atoms with van der Waals surface area (Å²) in [4.78, 5) is 14.1. The van der Waals surface area contributed by atoms with E-state index in [9.17, 15) is 17.6 Å². The van der Waals surface area contributed by atoms with Crippen molar-refractivity contribution in [1.29, 1.82) is 0 Å². The van der Waals surface area contributed by atoms with Gasteiger partial charge in [-0.25, -0.2) is 17.5 Å². The lowest BCUT2D eigenvalue weighted by Gasteiger charge is -2.31. The third kappa shape index (κ3) is 5.35. The second kappa shape index (κ2) is 8.47. The topological polar surface area (TPSA) is 78.5 Å². The standard InChI is InChI=1S/C18H22FN3O3S2/c1-13-4-5-16(15(19)11-13)20-17(23)12-22-8-6-14(7-9-22)21-27(24,25)18-3-2-10-26-18/h2-5,10-11,14,21H,6-9,12H2,1H3,(H,20,23). The Bertz CT molecular complexity index is 893. The Morgan fingerprint density at radius 3 is 2.67 bits per heavy atom. The molecule has 0 bridgehead atoms. The van der Waals surface area contributed by atoms with Crippen LogP contribution in [0.4, 0.5) is 10.1 Å². The number of hydrogen-bond donors (Lipinski definition) is 2. The second-order valence-electron chi connectivity index (χ2n) is 6.64. The quantitative estimate of drug-likeness (QED) is 0.766. The SMILES string of the molecule is Cc1ccc(NC(=O)CN2CCC(NS(=O)(=O)c3cccs3)CC2)c(F)c1. The first-order valence-electron chi connectivity index (χ1n) is 8.68. The van der Waals surface area contributed by atoms with Crippen LogP contribution in [0.2, 0.25) is 0 Å². The monoisotopic (exact) mass is 411 g/mol. The van der Waals surface area contributed by atoms with E-state index in [4.69, 9.17) is 0 Å². The molecule has 1 aliphatic rings. The van der Waals surface area contributed by atoms with E-state index in [0.717, 1.165) is 5.56 Å². The number of sulfonamides is 1. The molecule has 1 amide bonds. The molecule has 0 spiro atoms. The van der Waals surface area contributed by atoms with Crippen LogP contribution in [0.1, 0.15) is 18.4 Å². The Hall–Kier alpha value is -1.81. The molecule has 0 radical (unpaired) electrons. The van der Waals surface area contributed by atoms with Gasteiger partial charge in [0.05, 0.1) is 12.2 Å². The number of rotatable bonds is 6. The van der Waals surface area contributed by atoms with Gasteiger partial charge in [0.1, 0.15) is 10.0 Å². The number of anilines is 1. The Morgan fingerprint density at radius 1 is 1.30 bits per heavy atom. The molecule has 9 heteroatoms. The number of carbonyl (C=O) groups excluding carboxylic acids is 1. The maximum atomic E-state index is 13.8. The van der Waals surface area contributed by atoms with E-state index in [-0.39, 0.29) is 24.2 Å². The number of likely N-dealkylation sites (tertiary alicyclic amines) is 1. The van der Waals surface area contributed by atoms with Crippen LogP contribution in [-0.4, -0.2) is 44.9 Å². The third-order valence-corrected chi connectivity index (χ3v) is 7.35. The van der Waals surface area contributed by atoms with E-state index < -0.39 is 15.8 Å².